The molecular weight excluding hydrogens is 438 g/mol. The number of imidazole rings is 1. The predicted molar refractivity (Wildman–Crippen MR) is 115 cm³/mol. The monoisotopic (exact) mass is 469 g/mol. The lowest BCUT2D eigenvalue weighted by atomic mass is 10.1. The number of amides is 3. The highest BCUT2D eigenvalue weighted by atomic mass is 16.4. The van der Waals surface area contributed by atoms with Gasteiger partial charge in [0, 0.05) is 24.7 Å². The van der Waals surface area contributed by atoms with Gasteiger partial charge in [-0.1, -0.05) is 6.42 Å². The number of hydrogen-bond acceptors (Lipinski definition) is 8. The van der Waals surface area contributed by atoms with Crippen molar-refractivity contribution in [1.29, 1.82) is 0 Å². The number of nitrogens with one attached hydrogen (secondary N) is 4. The molecule has 3 amide bonds. The first-order chi connectivity index (χ1) is 15.6. The minimum atomic E-state index is -1.46. The van der Waals surface area contributed by atoms with Crippen LogP contribution in [-0.4, -0.2) is 81.1 Å². The molecule has 184 valence electrons. The maximum atomic E-state index is 12.7. The molecule has 1 aromatic rings. The fourth-order valence-electron chi connectivity index (χ4n) is 2.81. The Labute approximate surface area is 189 Å². The van der Waals surface area contributed by atoms with E-state index in [1.54, 1.807) is 0 Å². The van der Waals surface area contributed by atoms with Gasteiger partial charge in [-0.15, -0.1) is 0 Å². The minimum absolute atomic E-state index is 0.0462. The van der Waals surface area contributed by atoms with Crippen LogP contribution in [0, 0.1) is 0 Å². The zero-order chi connectivity index (χ0) is 24.8. The molecule has 1 rings (SSSR count). The first-order valence-electron chi connectivity index (χ1n) is 10.4. The summed E-state index contributed by atoms with van der Waals surface area (Å²) in [5.74, 6) is -4.69. The van der Waals surface area contributed by atoms with E-state index in [2.05, 4.69) is 25.9 Å². The third-order valence-electron chi connectivity index (χ3n) is 4.62. The van der Waals surface area contributed by atoms with Crippen molar-refractivity contribution < 1.29 is 34.2 Å². The number of nitrogens with zero attached hydrogens (tertiary/aromatic N) is 1. The molecule has 0 aliphatic heterocycles. The van der Waals surface area contributed by atoms with Gasteiger partial charge in [-0.25, -0.2) is 9.78 Å². The van der Waals surface area contributed by atoms with Crippen molar-refractivity contribution in [2.24, 2.45) is 11.5 Å². The molecule has 0 aliphatic rings. The molecule has 14 nitrogen and oxygen atoms in total. The Morgan fingerprint density at radius 2 is 1.76 bits per heavy atom. The summed E-state index contributed by atoms with van der Waals surface area (Å²) in [6.07, 6.45) is 3.73. The van der Waals surface area contributed by atoms with Crippen molar-refractivity contribution in [3.8, 4) is 0 Å². The highest BCUT2D eigenvalue weighted by Crippen LogP contribution is 2.03. The van der Waals surface area contributed by atoms with Crippen LogP contribution in [0.2, 0.25) is 0 Å². The van der Waals surface area contributed by atoms with Crippen LogP contribution < -0.4 is 27.4 Å². The average molecular weight is 469 g/mol. The number of carboxylic acids is 2. The molecule has 0 radical (unpaired) electrons. The van der Waals surface area contributed by atoms with Crippen LogP contribution in [0.5, 0.6) is 0 Å². The Bertz CT molecular complexity index is 800. The predicted octanol–water partition coefficient (Wildman–Crippen LogP) is -2.56. The Hall–Kier alpha value is -3.52. The largest absolute Gasteiger partial charge is 0.481 e. The summed E-state index contributed by atoms with van der Waals surface area (Å²) >= 11 is 0. The summed E-state index contributed by atoms with van der Waals surface area (Å²) in [7, 11) is 0. The zero-order valence-electron chi connectivity index (χ0n) is 18.1. The van der Waals surface area contributed by atoms with E-state index in [4.69, 9.17) is 16.6 Å². The Morgan fingerprint density at radius 3 is 2.33 bits per heavy atom. The molecular formula is C19H31N7O7. The van der Waals surface area contributed by atoms with Crippen LogP contribution >= 0.6 is 0 Å². The van der Waals surface area contributed by atoms with E-state index in [1.807, 2.05) is 0 Å². The molecule has 1 aromatic heterocycles. The second kappa shape index (κ2) is 14.5. The normalized spacial score (nSPS) is 13.4. The number of unbranched alkanes of at least 4 members (excludes halogenated alkanes) is 1. The Balaban J connectivity index is 2.72. The van der Waals surface area contributed by atoms with E-state index in [0.717, 1.165) is 6.42 Å². The second-order valence-electron chi connectivity index (χ2n) is 7.34. The molecule has 3 unspecified atom stereocenters. The maximum Gasteiger partial charge on any atom is 0.326 e. The number of aromatic amines is 1. The van der Waals surface area contributed by atoms with Gasteiger partial charge < -0.3 is 42.6 Å². The van der Waals surface area contributed by atoms with Crippen LogP contribution in [0.25, 0.3) is 0 Å². The van der Waals surface area contributed by atoms with Crippen molar-refractivity contribution in [2.75, 3.05) is 13.1 Å². The minimum Gasteiger partial charge on any atom is -0.481 e. The second-order valence-corrected chi connectivity index (χ2v) is 7.34. The van der Waals surface area contributed by atoms with Gasteiger partial charge in [-0.3, -0.25) is 19.2 Å². The average Bonchev–Trinajstić information content (AvgIpc) is 3.27. The molecule has 0 saturated heterocycles. The Kier molecular flexibility index (Phi) is 12.1. The summed E-state index contributed by atoms with van der Waals surface area (Å²) in [6.45, 7) is 0.0348. The molecule has 3 atom stereocenters. The highest BCUT2D eigenvalue weighted by Gasteiger charge is 2.27. The third kappa shape index (κ3) is 11.1. The number of carbonyl (C=O) groups excluding carboxylic acids is 3. The number of nitrogens with two attached hydrogens (primary N) is 2. The first-order valence-corrected chi connectivity index (χ1v) is 10.4. The lowest BCUT2D eigenvalue weighted by Crippen LogP contribution is -2.54. The molecule has 0 aromatic carbocycles. The fraction of sp³-hybridized carbons (Fsp3) is 0.579. The van der Waals surface area contributed by atoms with E-state index in [-0.39, 0.29) is 12.8 Å². The first kappa shape index (κ1) is 27.5. The fourth-order valence-corrected chi connectivity index (χ4v) is 2.81. The van der Waals surface area contributed by atoms with Gasteiger partial charge in [0.2, 0.25) is 17.7 Å². The van der Waals surface area contributed by atoms with Gasteiger partial charge in [0.15, 0.2) is 0 Å². The molecule has 0 aliphatic carbocycles. The summed E-state index contributed by atoms with van der Waals surface area (Å²) in [5, 5.41) is 25.1. The number of carboxylic acid groups (broad SMARTS) is 2. The van der Waals surface area contributed by atoms with E-state index in [9.17, 15) is 29.1 Å². The molecule has 0 spiro atoms. The van der Waals surface area contributed by atoms with Gasteiger partial charge in [-0.2, -0.15) is 0 Å². The number of carbonyl (C=O) groups is 5. The topological polar surface area (TPSA) is 243 Å². The van der Waals surface area contributed by atoms with Gasteiger partial charge in [0.1, 0.15) is 12.1 Å². The van der Waals surface area contributed by atoms with Gasteiger partial charge in [0.05, 0.1) is 18.9 Å². The number of aliphatic carboxylic acids is 2. The molecule has 0 bridgehead atoms. The number of aromatic nitrogens is 2. The lowest BCUT2D eigenvalue weighted by Gasteiger charge is -2.21. The highest BCUT2D eigenvalue weighted by molar-refractivity contribution is 5.92. The van der Waals surface area contributed by atoms with E-state index < -0.39 is 60.8 Å². The van der Waals surface area contributed by atoms with E-state index >= 15 is 0 Å². The van der Waals surface area contributed by atoms with Crippen molar-refractivity contribution in [3.05, 3.63) is 18.2 Å². The molecule has 0 saturated carbocycles. The van der Waals surface area contributed by atoms with Crippen LogP contribution in [0.3, 0.4) is 0 Å². The maximum absolute atomic E-state index is 12.7. The zero-order valence-corrected chi connectivity index (χ0v) is 18.1. The van der Waals surface area contributed by atoms with E-state index in [1.165, 1.54) is 12.5 Å². The SMILES string of the molecule is NCCCCC(N)C(=O)NCC(=O)NC(Cc1cnc[nH]1)C(=O)NC(CCC(=O)O)C(=O)O. The molecule has 10 N–H and O–H groups in total. The number of rotatable bonds is 16. The lowest BCUT2D eigenvalue weighted by molar-refractivity contribution is -0.143. The van der Waals surface area contributed by atoms with Crippen LogP contribution in [0.1, 0.15) is 37.8 Å². The molecule has 1 heterocycles. The van der Waals surface area contributed by atoms with Crippen molar-refractivity contribution in [3.63, 3.8) is 0 Å². The van der Waals surface area contributed by atoms with Crippen LogP contribution in [0.15, 0.2) is 12.5 Å². The van der Waals surface area contributed by atoms with Gasteiger partial charge >= 0.3 is 11.9 Å². The van der Waals surface area contributed by atoms with Crippen LogP contribution in [0.4, 0.5) is 0 Å². The van der Waals surface area contributed by atoms with E-state index in [0.29, 0.717) is 25.1 Å². The summed E-state index contributed by atoms with van der Waals surface area (Å²) < 4.78 is 0. The van der Waals surface area contributed by atoms with Crippen molar-refractivity contribution >= 4 is 29.7 Å². The standard InChI is InChI=1S/C19H31N7O7/c20-6-2-1-3-12(21)17(30)23-9-15(27)25-14(7-11-8-22-10-24-11)18(31)26-13(19(32)33)4-5-16(28)29/h8,10,12-14H,1-7,9,20-21H2,(H,22,24)(H,23,30)(H,25,27)(H,26,31)(H,28,29)(H,32,33). The smallest absolute Gasteiger partial charge is 0.326 e. The summed E-state index contributed by atoms with van der Waals surface area (Å²) in [4.78, 5) is 65.7. The summed E-state index contributed by atoms with van der Waals surface area (Å²) in [6, 6.07) is -3.47. The molecule has 14 heteroatoms. The molecule has 33 heavy (non-hydrogen) atoms. The molecule has 0 fully saturated rings. The third-order valence-corrected chi connectivity index (χ3v) is 4.62. The van der Waals surface area contributed by atoms with Crippen molar-refractivity contribution in [2.45, 2.75) is 56.7 Å². The van der Waals surface area contributed by atoms with Gasteiger partial charge in [-0.05, 0) is 25.8 Å². The van der Waals surface area contributed by atoms with Crippen molar-refractivity contribution in [1.82, 2.24) is 25.9 Å². The number of H-pyrrole nitrogens is 1. The quantitative estimate of drug-likeness (QED) is 0.118. The van der Waals surface area contributed by atoms with Crippen LogP contribution in [-0.2, 0) is 30.4 Å². The Morgan fingerprint density at radius 1 is 1.03 bits per heavy atom. The number of hydrogen-bond donors (Lipinski definition) is 8. The van der Waals surface area contributed by atoms with Gasteiger partial charge in [0.25, 0.3) is 0 Å². The summed E-state index contributed by atoms with van der Waals surface area (Å²) in [5.41, 5.74) is 11.6.